The topological polar surface area (TPSA) is 73.3 Å². The Morgan fingerprint density at radius 1 is 1.24 bits per heavy atom. The van der Waals surface area contributed by atoms with Gasteiger partial charge in [-0.3, -0.25) is 4.79 Å². The molecule has 5 heteroatoms. The number of aromatic nitrogens is 3. The summed E-state index contributed by atoms with van der Waals surface area (Å²) in [5.41, 5.74) is 9.72. The molecule has 0 radical (unpaired) electrons. The van der Waals surface area contributed by atoms with E-state index in [1.54, 1.807) is 4.52 Å². The van der Waals surface area contributed by atoms with E-state index in [9.17, 15) is 4.79 Å². The van der Waals surface area contributed by atoms with Gasteiger partial charge >= 0.3 is 0 Å². The summed E-state index contributed by atoms with van der Waals surface area (Å²) < 4.78 is 1.67. The number of hydrogen-bond acceptors (Lipinski definition) is 4. The van der Waals surface area contributed by atoms with Crippen LogP contribution in [0.5, 0.6) is 0 Å². The van der Waals surface area contributed by atoms with Crippen LogP contribution in [-0.4, -0.2) is 20.6 Å². The summed E-state index contributed by atoms with van der Waals surface area (Å²) in [5.74, 6) is 0.657. The van der Waals surface area contributed by atoms with Crippen molar-refractivity contribution in [2.24, 2.45) is 0 Å². The van der Waals surface area contributed by atoms with Crippen LogP contribution < -0.4 is 5.73 Å². The first kappa shape index (κ1) is 13.3. The maximum Gasteiger partial charge on any atom is 0.174 e. The number of fused-ring (bicyclic) bond motifs is 1. The highest BCUT2D eigenvalue weighted by Gasteiger charge is 2.10. The van der Waals surface area contributed by atoms with E-state index in [0.717, 1.165) is 22.2 Å². The molecule has 3 rings (SSSR count). The number of anilines is 1. The van der Waals surface area contributed by atoms with Gasteiger partial charge in [0, 0.05) is 24.6 Å². The third-order valence-corrected chi connectivity index (χ3v) is 3.53. The summed E-state index contributed by atoms with van der Waals surface area (Å²) in [5, 5.41) is 7.87. The molecule has 21 heavy (non-hydrogen) atoms. The molecule has 0 spiro atoms. The molecule has 2 N–H and O–H groups in total. The standard InChI is InChI=1S/C16H16N4O/c1-2-13(21)10-11-5-7-12(8-6-11)14-4-3-9-20-15(14)16(17)18-19-20/h3-9H,2,10,17H2,1H3. The number of hydrogen-bond donors (Lipinski definition) is 1. The highest BCUT2D eigenvalue weighted by atomic mass is 16.1. The fourth-order valence-electron chi connectivity index (χ4n) is 2.36. The van der Waals surface area contributed by atoms with E-state index < -0.39 is 0 Å². The van der Waals surface area contributed by atoms with Crippen LogP contribution in [0.3, 0.4) is 0 Å². The van der Waals surface area contributed by atoms with Crippen molar-refractivity contribution in [1.82, 2.24) is 14.8 Å². The van der Waals surface area contributed by atoms with Crippen molar-refractivity contribution in [1.29, 1.82) is 0 Å². The van der Waals surface area contributed by atoms with Crippen molar-refractivity contribution in [3.63, 3.8) is 0 Å². The van der Waals surface area contributed by atoms with E-state index in [4.69, 9.17) is 5.73 Å². The first-order chi connectivity index (χ1) is 10.2. The Labute approximate surface area is 122 Å². The summed E-state index contributed by atoms with van der Waals surface area (Å²) in [6.45, 7) is 1.88. The lowest BCUT2D eigenvalue weighted by Gasteiger charge is -2.06. The van der Waals surface area contributed by atoms with Crippen LogP contribution in [0.4, 0.5) is 5.82 Å². The number of carbonyl (C=O) groups excluding carboxylic acids is 1. The summed E-state index contributed by atoms with van der Waals surface area (Å²) in [4.78, 5) is 11.5. The second-order valence-corrected chi connectivity index (χ2v) is 4.96. The molecule has 0 bridgehead atoms. The summed E-state index contributed by atoms with van der Waals surface area (Å²) in [7, 11) is 0. The molecule has 3 aromatic rings. The van der Waals surface area contributed by atoms with E-state index in [0.29, 0.717) is 18.7 Å². The van der Waals surface area contributed by atoms with Crippen LogP contribution in [0, 0.1) is 0 Å². The molecule has 0 aliphatic heterocycles. The molecule has 0 aliphatic rings. The lowest BCUT2D eigenvalue weighted by molar-refractivity contribution is -0.118. The van der Waals surface area contributed by atoms with Crippen LogP contribution >= 0.6 is 0 Å². The fourth-order valence-corrected chi connectivity index (χ4v) is 2.36. The molecule has 1 aromatic carbocycles. The third kappa shape index (κ3) is 2.50. The second-order valence-electron chi connectivity index (χ2n) is 4.96. The number of nitrogens with zero attached hydrogens (tertiary/aromatic N) is 3. The van der Waals surface area contributed by atoms with Gasteiger partial charge < -0.3 is 5.73 Å². The van der Waals surface area contributed by atoms with Gasteiger partial charge in [0.1, 0.15) is 11.3 Å². The van der Waals surface area contributed by atoms with Gasteiger partial charge in [0.2, 0.25) is 0 Å². The zero-order valence-electron chi connectivity index (χ0n) is 11.8. The predicted octanol–water partition coefficient (Wildman–Crippen LogP) is 2.50. The summed E-state index contributed by atoms with van der Waals surface area (Å²) in [6, 6.07) is 11.9. The number of benzene rings is 1. The average molecular weight is 280 g/mol. The zero-order chi connectivity index (χ0) is 14.8. The van der Waals surface area contributed by atoms with Crippen LogP contribution in [0.2, 0.25) is 0 Å². The SMILES string of the molecule is CCC(=O)Cc1ccc(-c2cccn3nnc(N)c23)cc1. The van der Waals surface area contributed by atoms with Gasteiger partial charge in [0.25, 0.3) is 0 Å². The monoisotopic (exact) mass is 280 g/mol. The minimum absolute atomic E-state index is 0.245. The van der Waals surface area contributed by atoms with E-state index in [1.807, 2.05) is 49.5 Å². The maximum absolute atomic E-state index is 11.5. The molecule has 106 valence electrons. The number of ketones is 1. The van der Waals surface area contributed by atoms with E-state index in [1.165, 1.54) is 0 Å². The lowest BCUT2D eigenvalue weighted by Crippen LogP contribution is -2.00. The van der Waals surface area contributed by atoms with Gasteiger partial charge in [0.05, 0.1) is 0 Å². The Bertz CT molecular complexity index is 790. The number of nitrogens with two attached hydrogens (primary N) is 1. The minimum atomic E-state index is 0.245. The van der Waals surface area contributed by atoms with Crippen LogP contribution in [0.25, 0.3) is 16.6 Å². The Balaban J connectivity index is 1.99. The molecule has 0 saturated carbocycles. The molecule has 0 aliphatic carbocycles. The van der Waals surface area contributed by atoms with Gasteiger partial charge in [-0.25, -0.2) is 4.52 Å². The largest absolute Gasteiger partial charge is 0.380 e. The zero-order valence-corrected chi connectivity index (χ0v) is 11.8. The van der Waals surface area contributed by atoms with Gasteiger partial charge in [0.15, 0.2) is 5.82 Å². The molecule has 5 nitrogen and oxygen atoms in total. The van der Waals surface area contributed by atoms with Crippen molar-refractivity contribution in [2.45, 2.75) is 19.8 Å². The highest BCUT2D eigenvalue weighted by Crippen LogP contribution is 2.27. The quantitative estimate of drug-likeness (QED) is 0.797. The Morgan fingerprint density at radius 3 is 2.71 bits per heavy atom. The molecule has 0 amide bonds. The molecule has 0 atom stereocenters. The van der Waals surface area contributed by atoms with Crippen molar-refractivity contribution >= 4 is 17.1 Å². The van der Waals surface area contributed by atoms with E-state index >= 15 is 0 Å². The lowest BCUT2D eigenvalue weighted by atomic mass is 10.0. The molecule has 0 unspecified atom stereocenters. The number of pyridine rings is 1. The molecular formula is C16H16N4O. The van der Waals surface area contributed by atoms with Gasteiger partial charge in [-0.2, -0.15) is 0 Å². The molecule has 2 aromatic heterocycles. The predicted molar refractivity (Wildman–Crippen MR) is 81.8 cm³/mol. The van der Waals surface area contributed by atoms with Crippen LogP contribution in [-0.2, 0) is 11.2 Å². The molecule has 0 fully saturated rings. The minimum Gasteiger partial charge on any atom is -0.380 e. The van der Waals surface area contributed by atoms with E-state index in [-0.39, 0.29) is 5.78 Å². The second kappa shape index (κ2) is 5.36. The number of nitrogen functional groups attached to an aromatic ring is 1. The first-order valence-electron chi connectivity index (χ1n) is 6.89. The van der Waals surface area contributed by atoms with Crippen molar-refractivity contribution in [3.8, 4) is 11.1 Å². The van der Waals surface area contributed by atoms with E-state index in [2.05, 4.69) is 10.3 Å². The van der Waals surface area contributed by atoms with Gasteiger partial charge in [-0.1, -0.05) is 42.5 Å². The Morgan fingerprint density at radius 2 is 2.00 bits per heavy atom. The number of carbonyl (C=O) groups is 1. The smallest absolute Gasteiger partial charge is 0.174 e. The summed E-state index contributed by atoms with van der Waals surface area (Å²) in [6.07, 6.45) is 2.87. The normalized spacial score (nSPS) is 10.9. The first-order valence-corrected chi connectivity index (χ1v) is 6.89. The fraction of sp³-hybridized carbons (Fsp3) is 0.188. The number of Topliss-reactive ketones (excluding diaryl/α,β-unsaturated/α-hetero) is 1. The van der Waals surface area contributed by atoms with Crippen molar-refractivity contribution in [3.05, 3.63) is 48.2 Å². The molecule has 2 heterocycles. The summed E-state index contributed by atoms with van der Waals surface area (Å²) >= 11 is 0. The number of rotatable bonds is 4. The Hall–Kier alpha value is -2.69. The van der Waals surface area contributed by atoms with Gasteiger partial charge in [-0.15, -0.1) is 5.10 Å². The van der Waals surface area contributed by atoms with Crippen LogP contribution in [0.15, 0.2) is 42.6 Å². The van der Waals surface area contributed by atoms with Crippen molar-refractivity contribution in [2.75, 3.05) is 5.73 Å². The maximum atomic E-state index is 11.5. The average Bonchev–Trinajstić information content (AvgIpc) is 2.90. The van der Waals surface area contributed by atoms with Gasteiger partial charge in [-0.05, 0) is 17.2 Å². The highest BCUT2D eigenvalue weighted by molar-refractivity contribution is 5.87. The van der Waals surface area contributed by atoms with Crippen molar-refractivity contribution < 1.29 is 4.79 Å². The molecular weight excluding hydrogens is 264 g/mol. The Kier molecular flexibility index (Phi) is 3.39. The third-order valence-electron chi connectivity index (χ3n) is 3.53. The van der Waals surface area contributed by atoms with Crippen LogP contribution in [0.1, 0.15) is 18.9 Å². The molecule has 0 saturated heterocycles.